The number of methoxy groups -OCH3 is 1. The number of esters is 1. The van der Waals surface area contributed by atoms with Gasteiger partial charge in [-0.15, -0.1) is 0 Å². The first-order valence-electron chi connectivity index (χ1n) is 11.1. The lowest BCUT2D eigenvalue weighted by Gasteiger charge is -2.18. The smallest absolute Gasteiger partial charge is 0.416 e. The van der Waals surface area contributed by atoms with Crippen LogP contribution in [0.5, 0.6) is 17.2 Å². The van der Waals surface area contributed by atoms with E-state index in [-0.39, 0.29) is 29.0 Å². The molecule has 1 amide bonds. The molecule has 198 valence electrons. The number of hydrogen-bond acceptors (Lipinski definition) is 7. The molecule has 0 spiro atoms. The highest BCUT2D eigenvalue weighted by molar-refractivity contribution is 5.97. The van der Waals surface area contributed by atoms with Gasteiger partial charge in [-0.1, -0.05) is 30.3 Å². The zero-order valence-corrected chi connectivity index (χ0v) is 20.3. The fourth-order valence-electron chi connectivity index (χ4n) is 3.03. The van der Waals surface area contributed by atoms with E-state index in [0.717, 1.165) is 29.8 Å². The first kappa shape index (κ1) is 29.0. The molecule has 0 saturated heterocycles. The van der Waals surface area contributed by atoms with Crippen LogP contribution in [0.4, 0.5) is 13.2 Å². The minimum Gasteiger partial charge on any atom is -0.508 e. The van der Waals surface area contributed by atoms with Crippen molar-refractivity contribution in [3.8, 4) is 17.2 Å². The van der Waals surface area contributed by atoms with Crippen molar-refractivity contribution < 1.29 is 42.4 Å². The van der Waals surface area contributed by atoms with Gasteiger partial charge in [0, 0.05) is 18.7 Å². The van der Waals surface area contributed by atoms with Gasteiger partial charge in [0.15, 0.2) is 17.2 Å². The maximum atomic E-state index is 12.2. The molecule has 0 aliphatic heterocycles. The van der Waals surface area contributed by atoms with Crippen LogP contribution in [0.1, 0.15) is 35.5 Å². The number of carbonyl (C=O) groups is 2. The maximum absolute atomic E-state index is 12.2. The predicted octanol–water partition coefficient (Wildman–Crippen LogP) is 4.50. The molecule has 1 aromatic heterocycles. The van der Waals surface area contributed by atoms with E-state index in [0.29, 0.717) is 6.42 Å². The highest BCUT2D eigenvalue weighted by Gasteiger charge is 2.29. The van der Waals surface area contributed by atoms with Crippen LogP contribution in [0.25, 0.3) is 0 Å². The highest BCUT2D eigenvalue weighted by atomic mass is 19.4. The number of alkyl halides is 3. The topological polar surface area (TPSA) is 118 Å². The Bertz CT molecular complexity index is 1170. The second-order valence-corrected chi connectivity index (χ2v) is 7.89. The SMILES string of the molecule is COc1ccnc(C(=O)N[C@@H](C)C(=O)OC(C)Cc2ccccc2)c1O.Oc1ccc(C(F)(F)F)cc1. The number of benzene rings is 2. The normalized spacial score (nSPS) is 12.4. The lowest BCUT2D eigenvalue weighted by atomic mass is 10.1. The van der Waals surface area contributed by atoms with E-state index >= 15 is 0 Å². The van der Waals surface area contributed by atoms with Crippen LogP contribution >= 0.6 is 0 Å². The predicted molar refractivity (Wildman–Crippen MR) is 128 cm³/mol. The summed E-state index contributed by atoms with van der Waals surface area (Å²) in [5.74, 6) is -1.69. The first-order chi connectivity index (χ1) is 17.4. The fraction of sp³-hybridized carbons (Fsp3) is 0.269. The fourth-order valence-corrected chi connectivity index (χ4v) is 3.03. The third kappa shape index (κ3) is 9.02. The number of rotatable bonds is 7. The summed E-state index contributed by atoms with van der Waals surface area (Å²) in [4.78, 5) is 28.2. The third-order valence-electron chi connectivity index (χ3n) is 4.90. The van der Waals surface area contributed by atoms with Crippen molar-refractivity contribution in [2.75, 3.05) is 7.11 Å². The van der Waals surface area contributed by atoms with E-state index in [1.54, 1.807) is 6.92 Å². The summed E-state index contributed by atoms with van der Waals surface area (Å²) in [6, 6.07) is 13.8. The van der Waals surface area contributed by atoms with E-state index in [1.165, 1.54) is 26.3 Å². The largest absolute Gasteiger partial charge is 0.508 e. The average molecular weight is 521 g/mol. The van der Waals surface area contributed by atoms with Gasteiger partial charge in [-0.3, -0.25) is 4.79 Å². The standard InChI is InChI=1S/C19H22N2O5.C7H5F3O/c1-12(11-14-7-5-4-6-8-14)26-19(24)13(2)21-18(23)16-17(22)15(25-3)9-10-20-16;8-7(9,10)5-1-3-6(11)4-2-5/h4-10,12-13,22H,11H2,1-3H3,(H,21,23);1-4,11H/t12?,13-;/m0./s1. The van der Waals surface area contributed by atoms with Crippen LogP contribution in [-0.4, -0.2) is 46.3 Å². The molecule has 0 radical (unpaired) electrons. The first-order valence-corrected chi connectivity index (χ1v) is 11.1. The van der Waals surface area contributed by atoms with Crippen molar-refractivity contribution in [1.29, 1.82) is 0 Å². The Morgan fingerprint density at radius 1 is 1.00 bits per heavy atom. The van der Waals surface area contributed by atoms with Gasteiger partial charge in [-0.2, -0.15) is 13.2 Å². The number of nitrogens with zero attached hydrogens (tertiary/aromatic N) is 1. The van der Waals surface area contributed by atoms with E-state index in [2.05, 4.69) is 10.3 Å². The zero-order valence-electron chi connectivity index (χ0n) is 20.3. The molecular weight excluding hydrogens is 493 g/mol. The molecule has 0 fully saturated rings. The summed E-state index contributed by atoms with van der Waals surface area (Å²) >= 11 is 0. The van der Waals surface area contributed by atoms with Gasteiger partial charge in [0.05, 0.1) is 12.7 Å². The third-order valence-corrected chi connectivity index (χ3v) is 4.90. The highest BCUT2D eigenvalue weighted by Crippen LogP contribution is 2.30. The molecule has 0 saturated carbocycles. The van der Waals surface area contributed by atoms with Crippen molar-refractivity contribution in [3.63, 3.8) is 0 Å². The summed E-state index contributed by atoms with van der Waals surface area (Å²) in [7, 11) is 1.37. The van der Waals surface area contributed by atoms with Gasteiger partial charge >= 0.3 is 12.1 Å². The van der Waals surface area contributed by atoms with Gasteiger partial charge < -0.3 is 25.0 Å². The molecule has 0 aliphatic rings. The molecule has 0 aliphatic carbocycles. The van der Waals surface area contributed by atoms with Gasteiger partial charge in [0.1, 0.15) is 17.9 Å². The van der Waals surface area contributed by atoms with Gasteiger partial charge in [-0.25, -0.2) is 9.78 Å². The summed E-state index contributed by atoms with van der Waals surface area (Å²) in [5, 5.41) is 21.1. The molecule has 2 aromatic carbocycles. The molecule has 8 nitrogen and oxygen atoms in total. The summed E-state index contributed by atoms with van der Waals surface area (Å²) in [6.45, 7) is 3.29. The number of carbonyl (C=O) groups excluding carboxylic acids is 2. The molecule has 37 heavy (non-hydrogen) atoms. The monoisotopic (exact) mass is 520 g/mol. The number of ether oxygens (including phenoxy) is 2. The van der Waals surface area contributed by atoms with E-state index in [4.69, 9.17) is 14.6 Å². The maximum Gasteiger partial charge on any atom is 0.416 e. The quantitative estimate of drug-likeness (QED) is 0.393. The lowest BCUT2D eigenvalue weighted by Crippen LogP contribution is -2.41. The van der Waals surface area contributed by atoms with Gasteiger partial charge in [0.25, 0.3) is 5.91 Å². The molecule has 3 rings (SSSR count). The van der Waals surface area contributed by atoms with Crippen molar-refractivity contribution >= 4 is 11.9 Å². The minimum absolute atomic E-state index is 0.122. The van der Waals surface area contributed by atoms with E-state index in [1.807, 2.05) is 30.3 Å². The Morgan fingerprint density at radius 2 is 1.62 bits per heavy atom. The minimum atomic E-state index is -4.33. The van der Waals surface area contributed by atoms with Gasteiger partial charge in [0.2, 0.25) is 0 Å². The number of hydrogen-bond donors (Lipinski definition) is 3. The Labute approximate surface area is 211 Å². The van der Waals surface area contributed by atoms with Crippen molar-refractivity contribution in [2.45, 2.75) is 38.6 Å². The molecule has 3 N–H and O–H groups in total. The van der Waals surface area contributed by atoms with Crippen LogP contribution in [0.3, 0.4) is 0 Å². The van der Waals surface area contributed by atoms with E-state index < -0.39 is 29.7 Å². The molecular formula is C26H27F3N2O6. The summed E-state index contributed by atoms with van der Waals surface area (Å²) in [5.41, 5.74) is 0.0756. The van der Waals surface area contributed by atoms with Crippen molar-refractivity contribution in [2.24, 2.45) is 0 Å². The number of phenols is 1. The van der Waals surface area contributed by atoms with Crippen LogP contribution in [-0.2, 0) is 22.1 Å². The number of aromatic hydroxyl groups is 2. The number of amides is 1. The number of nitrogens with one attached hydrogen (secondary N) is 1. The summed E-state index contributed by atoms with van der Waals surface area (Å²) in [6.07, 6.45) is -2.76. The van der Waals surface area contributed by atoms with Crippen molar-refractivity contribution in [1.82, 2.24) is 10.3 Å². The zero-order chi connectivity index (χ0) is 27.6. The lowest BCUT2D eigenvalue weighted by molar-refractivity contribution is -0.150. The van der Waals surface area contributed by atoms with Crippen LogP contribution in [0.2, 0.25) is 0 Å². The van der Waals surface area contributed by atoms with Crippen LogP contribution < -0.4 is 10.1 Å². The molecule has 1 unspecified atom stereocenters. The number of aromatic nitrogens is 1. The summed E-state index contributed by atoms with van der Waals surface area (Å²) < 4.78 is 45.8. The Morgan fingerprint density at radius 3 is 2.19 bits per heavy atom. The van der Waals surface area contributed by atoms with Crippen molar-refractivity contribution in [3.05, 3.63) is 83.7 Å². The second kappa shape index (κ2) is 13.1. The number of pyridine rings is 1. The Balaban J connectivity index is 0.000000364. The van der Waals surface area contributed by atoms with Gasteiger partial charge in [-0.05, 0) is 43.7 Å². The Kier molecular flexibility index (Phi) is 10.3. The van der Waals surface area contributed by atoms with Crippen LogP contribution in [0, 0.1) is 0 Å². The number of phenolic OH excluding ortho intramolecular Hbond substituents is 1. The molecule has 1 heterocycles. The van der Waals surface area contributed by atoms with E-state index in [9.17, 15) is 27.9 Å². The second-order valence-electron chi connectivity index (χ2n) is 7.89. The van der Waals surface area contributed by atoms with Crippen LogP contribution in [0.15, 0.2) is 66.9 Å². The molecule has 0 bridgehead atoms. The number of halogens is 3. The molecule has 2 atom stereocenters. The molecule has 3 aromatic rings. The molecule has 11 heteroatoms. The Hall–Kier alpha value is -4.28. The average Bonchev–Trinajstić information content (AvgIpc) is 2.84.